The van der Waals surface area contributed by atoms with E-state index in [1.54, 1.807) is 0 Å². The Morgan fingerprint density at radius 2 is 1.23 bits per heavy atom. The number of rotatable bonds is 2. The fraction of sp³-hybridized carbons (Fsp3) is 0.0526. The topological polar surface area (TPSA) is 4.93 Å². The molecule has 1 aromatic heterocycles. The second-order valence-electron chi connectivity index (χ2n) is 11.3. The highest BCUT2D eigenvalue weighted by atomic mass is 15.0. The Kier molecular flexibility index (Phi) is 4.34. The molecule has 7 aromatic rings. The molecule has 9 rings (SSSR count). The minimum absolute atomic E-state index is 0.169. The summed E-state index contributed by atoms with van der Waals surface area (Å²) < 4.78 is 2.54. The van der Waals surface area contributed by atoms with Crippen LogP contribution < -0.4 is 16.4 Å². The summed E-state index contributed by atoms with van der Waals surface area (Å²) in [6.07, 6.45) is 0. The Hall–Kier alpha value is -4.82. The summed E-state index contributed by atoms with van der Waals surface area (Å²) in [7, 11) is 0. The Balaban J connectivity index is 1.54. The number of fused-ring (bicyclic) bond motifs is 7. The van der Waals surface area contributed by atoms with E-state index in [1.165, 1.54) is 71.7 Å². The van der Waals surface area contributed by atoms with Gasteiger partial charge in [0, 0.05) is 22.0 Å². The molecule has 0 amide bonds. The fourth-order valence-corrected chi connectivity index (χ4v) is 7.96. The Morgan fingerprint density at radius 1 is 0.550 bits per heavy atom. The molecule has 0 unspecified atom stereocenters. The lowest BCUT2D eigenvalue weighted by molar-refractivity contribution is 0.749. The molecule has 2 heteroatoms. The fourth-order valence-electron chi connectivity index (χ4n) is 7.96. The number of hydrogen-bond acceptors (Lipinski definition) is 0. The maximum absolute atomic E-state index is 2.54. The van der Waals surface area contributed by atoms with Gasteiger partial charge in [0.05, 0.1) is 10.9 Å². The van der Waals surface area contributed by atoms with Gasteiger partial charge in [0.15, 0.2) is 0 Å². The van der Waals surface area contributed by atoms with Gasteiger partial charge in [0.2, 0.25) is 6.71 Å². The van der Waals surface area contributed by atoms with Crippen LogP contribution >= 0.6 is 0 Å². The standard InChI is InChI=1S/C38H26BN/c1-25-22-23-30-33(24-25)39-32-19-10-17-29-28-16-8-9-20-34(28)40(37(29)32)35-21-11-18-31(36(35)39)38(30,26-12-4-2-5-13-26)27-14-6-3-7-15-27/h2-24H,1H3. The summed E-state index contributed by atoms with van der Waals surface area (Å²) in [6.45, 7) is 2.40. The van der Waals surface area contributed by atoms with Crippen molar-refractivity contribution in [1.82, 2.24) is 4.57 Å². The molecular weight excluding hydrogens is 481 g/mol. The van der Waals surface area contributed by atoms with Crippen molar-refractivity contribution in [3.63, 3.8) is 0 Å². The lowest BCUT2D eigenvalue weighted by atomic mass is 9.29. The van der Waals surface area contributed by atoms with Crippen molar-refractivity contribution in [3.8, 4) is 5.69 Å². The molecule has 0 bridgehead atoms. The van der Waals surface area contributed by atoms with Crippen molar-refractivity contribution >= 4 is 44.9 Å². The molecule has 2 aliphatic rings. The maximum atomic E-state index is 2.54. The Bertz CT molecular complexity index is 2080. The average molecular weight is 507 g/mol. The SMILES string of the molecule is Cc1ccc2c(c1)B1c3c(cccc3C2(c2ccccc2)c2ccccc2)-n2c3ccccc3c3cccc1c32. The van der Waals surface area contributed by atoms with Gasteiger partial charge in [-0.15, -0.1) is 0 Å². The van der Waals surface area contributed by atoms with Crippen LogP contribution in [0.5, 0.6) is 0 Å². The van der Waals surface area contributed by atoms with Crippen LogP contribution in [0.2, 0.25) is 0 Å². The zero-order valence-electron chi connectivity index (χ0n) is 22.3. The number of hydrogen-bond donors (Lipinski definition) is 0. The van der Waals surface area contributed by atoms with Gasteiger partial charge in [-0.05, 0) is 52.2 Å². The minimum atomic E-state index is -0.429. The van der Waals surface area contributed by atoms with E-state index in [0.717, 1.165) is 0 Å². The van der Waals surface area contributed by atoms with Crippen molar-refractivity contribution in [2.45, 2.75) is 12.3 Å². The van der Waals surface area contributed by atoms with Crippen molar-refractivity contribution in [2.24, 2.45) is 0 Å². The quantitative estimate of drug-likeness (QED) is 0.232. The number of aryl methyl sites for hydroxylation is 1. The van der Waals surface area contributed by atoms with Crippen LogP contribution in [0.3, 0.4) is 0 Å². The van der Waals surface area contributed by atoms with Crippen molar-refractivity contribution < 1.29 is 0 Å². The number of benzene rings is 6. The van der Waals surface area contributed by atoms with Gasteiger partial charge < -0.3 is 4.57 Å². The second kappa shape index (κ2) is 7.86. The van der Waals surface area contributed by atoms with Crippen molar-refractivity contribution in [1.29, 1.82) is 0 Å². The van der Waals surface area contributed by atoms with E-state index < -0.39 is 5.41 Å². The highest BCUT2D eigenvalue weighted by Gasteiger charge is 2.50. The van der Waals surface area contributed by atoms with Crippen LogP contribution in [-0.4, -0.2) is 11.3 Å². The third-order valence-corrected chi connectivity index (χ3v) is 9.39. The Morgan fingerprint density at radius 3 is 2.00 bits per heavy atom. The average Bonchev–Trinajstić information content (AvgIpc) is 3.35. The van der Waals surface area contributed by atoms with Gasteiger partial charge in [-0.2, -0.15) is 0 Å². The number of para-hydroxylation sites is 2. The molecule has 0 radical (unpaired) electrons. The zero-order valence-corrected chi connectivity index (χ0v) is 22.3. The van der Waals surface area contributed by atoms with E-state index in [9.17, 15) is 0 Å². The van der Waals surface area contributed by atoms with E-state index in [4.69, 9.17) is 0 Å². The van der Waals surface area contributed by atoms with Crippen molar-refractivity contribution in [3.05, 3.63) is 167 Å². The molecule has 0 N–H and O–H groups in total. The lowest BCUT2D eigenvalue weighted by Gasteiger charge is -2.46. The van der Waals surface area contributed by atoms with Gasteiger partial charge in [-0.1, -0.05) is 138 Å². The second-order valence-corrected chi connectivity index (χ2v) is 11.3. The van der Waals surface area contributed by atoms with Gasteiger partial charge in [-0.25, -0.2) is 0 Å². The predicted octanol–water partition coefficient (Wildman–Crippen LogP) is 6.62. The van der Waals surface area contributed by atoms with Gasteiger partial charge >= 0.3 is 0 Å². The first-order valence-electron chi connectivity index (χ1n) is 14.2. The lowest BCUT2D eigenvalue weighted by Crippen LogP contribution is -2.64. The first-order valence-corrected chi connectivity index (χ1v) is 14.2. The summed E-state index contributed by atoms with van der Waals surface area (Å²) in [5.41, 5.74) is 14.4. The van der Waals surface area contributed by atoms with E-state index in [0.29, 0.717) is 0 Å². The molecule has 40 heavy (non-hydrogen) atoms. The monoisotopic (exact) mass is 507 g/mol. The van der Waals surface area contributed by atoms with Gasteiger partial charge in [-0.3, -0.25) is 0 Å². The summed E-state index contributed by atoms with van der Waals surface area (Å²) in [5, 5.41) is 2.65. The van der Waals surface area contributed by atoms with E-state index in [1.807, 2.05) is 0 Å². The van der Waals surface area contributed by atoms with Crippen molar-refractivity contribution in [2.75, 3.05) is 0 Å². The normalized spacial score (nSPS) is 14.3. The summed E-state index contributed by atoms with van der Waals surface area (Å²) in [4.78, 5) is 0. The molecule has 0 fully saturated rings. The maximum Gasteiger partial charge on any atom is 0.247 e. The van der Waals surface area contributed by atoms with E-state index in [-0.39, 0.29) is 6.71 Å². The molecule has 0 atom stereocenters. The van der Waals surface area contributed by atoms with Gasteiger partial charge in [0.25, 0.3) is 0 Å². The first kappa shape index (κ1) is 22.0. The van der Waals surface area contributed by atoms with Crippen LogP contribution in [0.1, 0.15) is 27.8 Å². The first-order chi connectivity index (χ1) is 19.8. The van der Waals surface area contributed by atoms with Crippen LogP contribution in [0.4, 0.5) is 0 Å². The molecule has 0 aliphatic carbocycles. The van der Waals surface area contributed by atoms with Crippen LogP contribution in [-0.2, 0) is 5.41 Å². The van der Waals surface area contributed by atoms with Crippen LogP contribution in [0.15, 0.2) is 140 Å². The molecule has 0 spiro atoms. The van der Waals surface area contributed by atoms with Crippen LogP contribution in [0.25, 0.3) is 27.5 Å². The molecule has 1 nitrogen and oxygen atoms in total. The predicted molar refractivity (Wildman–Crippen MR) is 168 cm³/mol. The zero-order chi connectivity index (χ0) is 26.4. The van der Waals surface area contributed by atoms with E-state index >= 15 is 0 Å². The van der Waals surface area contributed by atoms with Crippen LogP contribution in [0, 0.1) is 6.92 Å². The number of aromatic nitrogens is 1. The molecule has 3 heterocycles. The van der Waals surface area contributed by atoms with E-state index in [2.05, 4.69) is 151 Å². The highest BCUT2D eigenvalue weighted by Crippen LogP contribution is 2.47. The smallest absolute Gasteiger partial charge is 0.247 e. The Labute approximate surface area is 234 Å². The minimum Gasteiger partial charge on any atom is -0.310 e. The van der Waals surface area contributed by atoms with Gasteiger partial charge in [0.1, 0.15) is 0 Å². The summed E-state index contributed by atoms with van der Waals surface area (Å²) in [5.74, 6) is 0. The highest BCUT2D eigenvalue weighted by molar-refractivity contribution is 6.99. The summed E-state index contributed by atoms with van der Waals surface area (Å²) >= 11 is 0. The largest absolute Gasteiger partial charge is 0.310 e. The molecule has 2 aliphatic heterocycles. The molecule has 186 valence electrons. The summed E-state index contributed by atoms with van der Waals surface area (Å²) in [6, 6.07) is 52.3. The molecular formula is C38H26BN. The third kappa shape index (κ3) is 2.59. The third-order valence-electron chi connectivity index (χ3n) is 9.39. The number of nitrogens with zero attached hydrogens (tertiary/aromatic N) is 1. The molecule has 0 saturated carbocycles. The molecule has 0 saturated heterocycles. The molecule has 6 aromatic carbocycles.